The summed E-state index contributed by atoms with van der Waals surface area (Å²) in [7, 11) is 0. The first-order valence-electron chi connectivity index (χ1n) is 7.44. The van der Waals surface area contributed by atoms with Crippen LogP contribution >= 0.6 is 11.3 Å². The normalized spacial score (nSPS) is 11.7. The number of benzene rings is 2. The van der Waals surface area contributed by atoms with E-state index in [0.717, 1.165) is 21.8 Å². The lowest BCUT2D eigenvalue weighted by atomic mass is 9.96. The van der Waals surface area contributed by atoms with Gasteiger partial charge in [0.1, 0.15) is 5.82 Å². The molecule has 0 spiro atoms. The van der Waals surface area contributed by atoms with E-state index in [-0.39, 0.29) is 5.82 Å². The Morgan fingerprint density at radius 1 is 1.13 bits per heavy atom. The van der Waals surface area contributed by atoms with Gasteiger partial charge < -0.3 is 5.11 Å². The third-order valence-electron chi connectivity index (χ3n) is 3.72. The molecule has 0 fully saturated rings. The lowest BCUT2D eigenvalue weighted by molar-refractivity contribution is 0.0786. The Hall–Kier alpha value is -2.04. The summed E-state index contributed by atoms with van der Waals surface area (Å²) in [5, 5.41) is 13.0. The number of aliphatic hydroxyl groups is 1. The minimum Gasteiger partial charge on any atom is -0.386 e. The molecule has 2 nitrogen and oxygen atoms in total. The zero-order chi connectivity index (χ0) is 16.4. The van der Waals surface area contributed by atoms with Crippen molar-refractivity contribution in [1.29, 1.82) is 0 Å². The van der Waals surface area contributed by atoms with E-state index in [4.69, 9.17) is 0 Å². The highest BCUT2D eigenvalue weighted by molar-refractivity contribution is 7.10. The van der Waals surface area contributed by atoms with Gasteiger partial charge in [0.15, 0.2) is 0 Å². The van der Waals surface area contributed by atoms with Crippen molar-refractivity contribution >= 4 is 11.3 Å². The number of thiazole rings is 1. The third-order valence-corrected chi connectivity index (χ3v) is 4.56. The molecule has 0 radical (unpaired) electrons. The molecule has 1 N–H and O–H groups in total. The van der Waals surface area contributed by atoms with Crippen LogP contribution in [0.1, 0.15) is 30.0 Å². The summed E-state index contributed by atoms with van der Waals surface area (Å²) < 4.78 is 13.7. The van der Waals surface area contributed by atoms with E-state index in [9.17, 15) is 9.50 Å². The van der Waals surface area contributed by atoms with Gasteiger partial charge >= 0.3 is 0 Å². The molecule has 118 valence electrons. The zero-order valence-electron chi connectivity index (χ0n) is 13.1. The maximum Gasteiger partial charge on any atom is 0.126 e. The standard InChI is InChI=1S/C19H18FNOS/c1-19(2,22)15-8-5-7-14(10-15)17-12-23-18(21-17)11-13-6-3-4-9-16(13)20/h3-10,12,22H,11H2,1-2H3. The zero-order valence-corrected chi connectivity index (χ0v) is 13.9. The summed E-state index contributed by atoms with van der Waals surface area (Å²) in [6.45, 7) is 3.52. The fraction of sp³-hybridized carbons (Fsp3) is 0.211. The maximum absolute atomic E-state index is 13.7. The summed E-state index contributed by atoms with van der Waals surface area (Å²) >= 11 is 1.52. The molecule has 2 aromatic carbocycles. The molecule has 0 atom stereocenters. The fourth-order valence-electron chi connectivity index (χ4n) is 2.39. The van der Waals surface area contributed by atoms with E-state index in [1.54, 1.807) is 26.0 Å². The first-order chi connectivity index (χ1) is 10.9. The second kappa shape index (κ2) is 6.22. The summed E-state index contributed by atoms with van der Waals surface area (Å²) in [6, 6.07) is 14.5. The molecule has 3 aromatic rings. The molecule has 0 aliphatic rings. The predicted octanol–water partition coefficient (Wildman–Crippen LogP) is 4.77. The number of aromatic nitrogens is 1. The lowest BCUT2D eigenvalue weighted by Crippen LogP contribution is -2.15. The van der Waals surface area contributed by atoms with Gasteiger partial charge in [0.2, 0.25) is 0 Å². The summed E-state index contributed by atoms with van der Waals surface area (Å²) in [6.07, 6.45) is 0.489. The highest BCUT2D eigenvalue weighted by Crippen LogP contribution is 2.28. The van der Waals surface area contributed by atoms with Crippen molar-refractivity contribution in [3.63, 3.8) is 0 Å². The van der Waals surface area contributed by atoms with Crippen LogP contribution in [0.25, 0.3) is 11.3 Å². The van der Waals surface area contributed by atoms with Gasteiger partial charge in [0.05, 0.1) is 16.3 Å². The number of nitrogens with zero attached hydrogens (tertiary/aromatic N) is 1. The molecule has 1 aromatic heterocycles. The minimum atomic E-state index is -0.887. The molecule has 23 heavy (non-hydrogen) atoms. The monoisotopic (exact) mass is 327 g/mol. The van der Waals surface area contributed by atoms with Crippen molar-refractivity contribution in [2.45, 2.75) is 25.9 Å². The number of rotatable bonds is 4. The number of halogens is 1. The van der Waals surface area contributed by atoms with E-state index in [1.807, 2.05) is 35.7 Å². The molecular weight excluding hydrogens is 309 g/mol. The van der Waals surface area contributed by atoms with Crippen molar-refractivity contribution in [3.8, 4) is 11.3 Å². The van der Waals surface area contributed by atoms with Crippen molar-refractivity contribution in [2.75, 3.05) is 0 Å². The lowest BCUT2D eigenvalue weighted by Gasteiger charge is -2.18. The van der Waals surface area contributed by atoms with Crippen LogP contribution in [-0.2, 0) is 12.0 Å². The van der Waals surface area contributed by atoms with Gasteiger partial charge in [-0.3, -0.25) is 0 Å². The Bertz CT molecular complexity index is 820. The second-order valence-electron chi connectivity index (χ2n) is 6.03. The van der Waals surface area contributed by atoms with Crippen molar-refractivity contribution in [1.82, 2.24) is 4.98 Å². The maximum atomic E-state index is 13.7. The average molecular weight is 327 g/mol. The summed E-state index contributed by atoms with van der Waals surface area (Å²) in [4.78, 5) is 4.61. The van der Waals surface area contributed by atoms with E-state index in [0.29, 0.717) is 12.0 Å². The minimum absolute atomic E-state index is 0.201. The van der Waals surface area contributed by atoms with Crippen molar-refractivity contribution in [3.05, 3.63) is 75.9 Å². The second-order valence-corrected chi connectivity index (χ2v) is 6.98. The van der Waals surface area contributed by atoms with Crippen LogP contribution in [0.3, 0.4) is 0 Å². The molecule has 0 aliphatic heterocycles. The average Bonchev–Trinajstić information content (AvgIpc) is 2.98. The Labute approximate surface area is 139 Å². The molecule has 0 unspecified atom stereocenters. The van der Waals surface area contributed by atoms with Crippen molar-refractivity contribution < 1.29 is 9.50 Å². The third kappa shape index (κ3) is 3.66. The van der Waals surface area contributed by atoms with Gasteiger partial charge in [-0.2, -0.15) is 0 Å². The topological polar surface area (TPSA) is 33.1 Å². The molecule has 4 heteroatoms. The molecule has 0 amide bonds. The molecule has 0 aliphatic carbocycles. The van der Waals surface area contributed by atoms with Crippen LogP contribution in [0.5, 0.6) is 0 Å². The van der Waals surface area contributed by atoms with Gasteiger partial charge in [0.25, 0.3) is 0 Å². The molecule has 0 saturated heterocycles. The van der Waals surface area contributed by atoms with Gasteiger partial charge in [-0.25, -0.2) is 9.37 Å². The van der Waals surface area contributed by atoms with Crippen LogP contribution in [-0.4, -0.2) is 10.1 Å². The molecule has 0 saturated carbocycles. The Morgan fingerprint density at radius 3 is 2.65 bits per heavy atom. The van der Waals surface area contributed by atoms with Crippen LogP contribution in [0.15, 0.2) is 53.9 Å². The van der Waals surface area contributed by atoms with Gasteiger partial charge in [-0.05, 0) is 37.1 Å². The van der Waals surface area contributed by atoms with E-state index in [2.05, 4.69) is 4.98 Å². The van der Waals surface area contributed by atoms with Crippen LogP contribution in [0.4, 0.5) is 4.39 Å². The predicted molar refractivity (Wildman–Crippen MR) is 92.0 cm³/mol. The highest BCUT2D eigenvalue weighted by atomic mass is 32.1. The van der Waals surface area contributed by atoms with Crippen LogP contribution in [0, 0.1) is 5.82 Å². The smallest absolute Gasteiger partial charge is 0.126 e. The first-order valence-corrected chi connectivity index (χ1v) is 8.32. The quantitative estimate of drug-likeness (QED) is 0.749. The van der Waals surface area contributed by atoms with Crippen LogP contribution in [0.2, 0.25) is 0 Å². The van der Waals surface area contributed by atoms with E-state index >= 15 is 0 Å². The van der Waals surface area contributed by atoms with Crippen LogP contribution < -0.4 is 0 Å². The molecule has 0 bridgehead atoms. The van der Waals surface area contributed by atoms with E-state index < -0.39 is 5.60 Å². The molecule has 3 rings (SSSR count). The Kier molecular flexibility index (Phi) is 4.28. The first kappa shape index (κ1) is 15.8. The number of hydrogen-bond acceptors (Lipinski definition) is 3. The summed E-state index contributed by atoms with van der Waals surface area (Å²) in [5.41, 5.74) is 2.42. The summed E-state index contributed by atoms with van der Waals surface area (Å²) in [5.74, 6) is -0.201. The van der Waals surface area contributed by atoms with Crippen molar-refractivity contribution in [2.24, 2.45) is 0 Å². The fourth-order valence-corrected chi connectivity index (χ4v) is 3.21. The van der Waals surface area contributed by atoms with Gasteiger partial charge in [-0.15, -0.1) is 11.3 Å². The molecular formula is C19H18FNOS. The van der Waals surface area contributed by atoms with Gasteiger partial charge in [-0.1, -0.05) is 36.4 Å². The van der Waals surface area contributed by atoms with Gasteiger partial charge in [0, 0.05) is 17.4 Å². The molecule has 1 heterocycles. The SMILES string of the molecule is CC(C)(O)c1cccc(-c2csc(Cc3ccccc3F)n2)c1. The number of hydrogen-bond donors (Lipinski definition) is 1. The van der Waals surface area contributed by atoms with E-state index in [1.165, 1.54) is 17.4 Å². The highest BCUT2D eigenvalue weighted by Gasteiger charge is 2.17. The largest absolute Gasteiger partial charge is 0.386 e. The Balaban J connectivity index is 1.86. The Morgan fingerprint density at radius 2 is 1.91 bits per heavy atom.